The van der Waals surface area contributed by atoms with Crippen LogP contribution in [0.2, 0.25) is 0 Å². The van der Waals surface area contributed by atoms with E-state index in [1.54, 1.807) is 0 Å². The summed E-state index contributed by atoms with van der Waals surface area (Å²) in [6.45, 7) is 3.85. The van der Waals surface area contributed by atoms with E-state index in [2.05, 4.69) is 10.6 Å². The van der Waals surface area contributed by atoms with Gasteiger partial charge in [-0.25, -0.2) is 0 Å². The Morgan fingerprint density at radius 1 is 1.24 bits per heavy atom. The molecule has 1 fully saturated rings. The highest BCUT2D eigenvalue weighted by atomic mass is 16.1. The van der Waals surface area contributed by atoms with Crippen molar-refractivity contribution in [2.24, 2.45) is 11.7 Å². The smallest absolute Gasteiger partial charge is 0.224 e. The molecule has 0 saturated heterocycles. The molecule has 0 aromatic carbocycles. The summed E-state index contributed by atoms with van der Waals surface area (Å²) in [7, 11) is 0. The molecule has 100 valence electrons. The second-order valence-electron chi connectivity index (χ2n) is 5.07. The molecule has 1 aliphatic carbocycles. The van der Waals surface area contributed by atoms with E-state index >= 15 is 0 Å². The monoisotopic (exact) mass is 241 g/mol. The zero-order chi connectivity index (χ0) is 12.5. The number of nitrogens with one attached hydrogen (secondary N) is 2. The number of rotatable bonds is 6. The Labute approximate surface area is 105 Å². The van der Waals surface area contributed by atoms with Gasteiger partial charge < -0.3 is 16.4 Å². The van der Waals surface area contributed by atoms with Gasteiger partial charge in [0.05, 0.1) is 0 Å². The molecule has 1 saturated carbocycles. The van der Waals surface area contributed by atoms with Gasteiger partial charge in [0.25, 0.3) is 0 Å². The molecule has 0 spiro atoms. The highest BCUT2D eigenvalue weighted by Gasteiger charge is 2.12. The third kappa shape index (κ3) is 6.03. The molecule has 1 atom stereocenters. The maximum Gasteiger partial charge on any atom is 0.224 e. The second kappa shape index (κ2) is 8.48. The van der Waals surface area contributed by atoms with Gasteiger partial charge in [-0.2, -0.15) is 0 Å². The Balaban J connectivity index is 2.04. The minimum Gasteiger partial charge on any atom is -0.355 e. The van der Waals surface area contributed by atoms with Gasteiger partial charge in [-0.3, -0.25) is 4.79 Å². The molecule has 0 radical (unpaired) electrons. The molecule has 0 bridgehead atoms. The first-order chi connectivity index (χ1) is 8.24. The first-order valence-electron chi connectivity index (χ1n) is 6.95. The van der Waals surface area contributed by atoms with E-state index in [0.717, 1.165) is 6.54 Å². The van der Waals surface area contributed by atoms with Crippen LogP contribution in [0.5, 0.6) is 0 Å². The van der Waals surface area contributed by atoms with Crippen molar-refractivity contribution in [3.63, 3.8) is 0 Å². The van der Waals surface area contributed by atoms with Crippen LogP contribution in [0.25, 0.3) is 0 Å². The number of hydrogen-bond acceptors (Lipinski definition) is 3. The van der Waals surface area contributed by atoms with Gasteiger partial charge in [0, 0.05) is 31.6 Å². The first kappa shape index (κ1) is 14.5. The molecule has 0 aliphatic heterocycles. The molecule has 1 rings (SSSR count). The van der Waals surface area contributed by atoms with Crippen LogP contribution in [0.1, 0.15) is 45.4 Å². The van der Waals surface area contributed by atoms with Gasteiger partial charge in [-0.1, -0.05) is 32.6 Å². The van der Waals surface area contributed by atoms with E-state index in [9.17, 15) is 4.79 Å². The fourth-order valence-corrected chi connectivity index (χ4v) is 2.23. The summed E-state index contributed by atoms with van der Waals surface area (Å²) >= 11 is 0. The van der Waals surface area contributed by atoms with E-state index in [0.29, 0.717) is 19.1 Å². The number of carbonyl (C=O) groups excluding carboxylic acids is 1. The number of carbonyl (C=O) groups is 1. The fraction of sp³-hybridized carbons (Fsp3) is 0.923. The first-order valence-corrected chi connectivity index (χ1v) is 6.95. The quantitative estimate of drug-likeness (QED) is 0.480. The Kier molecular flexibility index (Phi) is 7.21. The van der Waals surface area contributed by atoms with Crippen molar-refractivity contribution in [2.45, 2.75) is 51.5 Å². The normalized spacial score (nSPS) is 19.6. The minimum absolute atomic E-state index is 0.0650. The van der Waals surface area contributed by atoms with Crippen molar-refractivity contribution < 1.29 is 4.79 Å². The van der Waals surface area contributed by atoms with Crippen LogP contribution < -0.4 is 16.4 Å². The molecule has 0 aromatic rings. The lowest BCUT2D eigenvalue weighted by Crippen LogP contribution is -2.39. The van der Waals surface area contributed by atoms with Gasteiger partial charge in [-0.15, -0.1) is 0 Å². The lowest BCUT2D eigenvalue weighted by atomic mass is 10.1. The summed E-state index contributed by atoms with van der Waals surface area (Å²) in [6, 6.07) is 0.654. The van der Waals surface area contributed by atoms with Crippen LogP contribution in [0.15, 0.2) is 0 Å². The SMILES string of the molecule is CC(CN)C(=O)NCCNC1CCCCCC1. The molecule has 0 heterocycles. The lowest BCUT2D eigenvalue weighted by molar-refractivity contribution is -0.124. The number of nitrogens with two attached hydrogens (primary N) is 1. The molecule has 17 heavy (non-hydrogen) atoms. The molecule has 4 heteroatoms. The standard InChI is InChI=1S/C13H27N3O/c1-11(10-14)13(17)16-9-8-15-12-6-4-2-3-5-7-12/h11-12,15H,2-10,14H2,1H3,(H,16,17). The predicted octanol–water partition coefficient (Wildman–Crippen LogP) is 1.01. The maximum atomic E-state index is 11.5. The van der Waals surface area contributed by atoms with Crippen LogP contribution in [0.4, 0.5) is 0 Å². The molecule has 4 N–H and O–H groups in total. The largest absolute Gasteiger partial charge is 0.355 e. The molecule has 1 unspecified atom stereocenters. The third-order valence-electron chi connectivity index (χ3n) is 3.51. The Bertz CT molecular complexity index is 213. The topological polar surface area (TPSA) is 67.2 Å². The van der Waals surface area contributed by atoms with Gasteiger partial charge in [0.1, 0.15) is 0 Å². The summed E-state index contributed by atoms with van der Waals surface area (Å²) in [6.07, 6.45) is 8.01. The molecule has 0 aromatic heterocycles. The third-order valence-corrected chi connectivity index (χ3v) is 3.51. The molecule has 4 nitrogen and oxygen atoms in total. The minimum atomic E-state index is -0.0760. The van der Waals surface area contributed by atoms with Gasteiger partial charge in [0.2, 0.25) is 5.91 Å². The van der Waals surface area contributed by atoms with E-state index in [1.165, 1.54) is 38.5 Å². The maximum absolute atomic E-state index is 11.5. The Morgan fingerprint density at radius 3 is 2.47 bits per heavy atom. The molecular weight excluding hydrogens is 214 g/mol. The zero-order valence-corrected chi connectivity index (χ0v) is 11.0. The summed E-state index contributed by atoms with van der Waals surface area (Å²) in [5, 5.41) is 6.44. The van der Waals surface area contributed by atoms with E-state index in [4.69, 9.17) is 5.73 Å². The molecular formula is C13H27N3O. The van der Waals surface area contributed by atoms with Crippen molar-refractivity contribution in [1.82, 2.24) is 10.6 Å². The lowest BCUT2D eigenvalue weighted by Gasteiger charge is -2.17. The summed E-state index contributed by atoms with van der Waals surface area (Å²) < 4.78 is 0. The summed E-state index contributed by atoms with van der Waals surface area (Å²) in [5.74, 6) is -0.0111. The van der Waals surface area contributed by atoms with Crippen LogP contribution in [0, 0.1) is 5.92 Å². The van der Waals surface area contributed by atoms with Crippen molar-refractivity contribution in [2.75, 3.05) is 19.6 Å². The fourth-order valence-electron chi connectivity index (χ4n) is 2.23. The second-order valence-corrected chi connectivity index (χ2v) is 5.07. The predicted molar refractivity (Wildman–Crippen MR) is 70.7 cm³/mol. The van der Waals surface area contributed by atoms with E-state index < -0.39 is 0 Å². The van der Waals surface area contributed by atoms with E-state index in [-0.39, 0.29) is 11.8 Å². The summed E-state index contributed by atoms with van der Waals surface area (Å²) in [5.41, 5.74) is 5.43. The van der Waals surface area contributed by atoms with Crippen LogP contribution in [-0.2, 0) is 4.79 Å². The Hall–Kier alpha value is -0.610. The molecule has 1 aliphatic rings. The zero-order valence-electron chi connectivity index (χ0n) is 11.0. The van der Waals surface area contributed by atoms with Crippen molar-refractivity contribution in [3.8, 4) is 0 Å². The van der Waals surface area contributed by atoms with Crippen LogP contribution in [-0.4, -0.2) is 31.6 Å². The highest BCUT2D eigenvalue weighted by molar-refractivity contribution is 5.78. The average Bonchev–Trinajstić information content (AvgIpc) is 2.61. The van der Waals surface area contributed by atoms with Crippen LogP contribution >= 0.6 is 0 Å². The van der Waals surface area contributed by atoms with E-state index in [1.807, 2.05) is 6.92 Å². The Morgan fingerprint density at radius 2 is 1.88 bits per heavy atom. The number of hydrogen-bond donors (Lipinski definition) is 3. The number of amides is 1. The van der Waals surface area contributed by atoms with Crippen molar-refractivity contribution in [3.05, 3.63) is 0 Å². The van der Waals surface area contributed by atoms with Gasteiger partial charge >= 0.3 is 0 Å². The van der Waals surface area contributed by atoms with Crippen molar-refractivity contribution in [1.29, 1.82) is 0 Å². The van der Waals surface area contributed by atoms with Gasteiger partial charge in [-0.05, 0) is 12.8 Å². The van der Waals surface area contributed by atoms with Gasteiger partial charge in [0.15, 0.2) is 0 Å². The average molecular weight is 241 g/mol. The van der Waals surface area contributed by atoms with Crippen LogP contribution in [0.3, 0.4) is 0 Å². The van der Waals surface area contributed by atoms with Crippen molar-refractivity contribution >= 4 is 5.91 Å². The highest BCUT2D eigenvalue weighted by Crippen LogP contribution is 2.16. The summed E-state index contributed by atoms with van der Waals surface area (Å²) in [4.78, 5) is 11.5. The molecule has 1 amide bonds.